The van der Waals surface area contributed by atoms with Crippen molar-refractivity contribution >= 4 is 0 Å². The average Bonchev–Trinajstić information content (AvgIpc) is 2.72. The molecule has 0 aromatic rings. The number of hydrogen-bond donors (Lipinski definition) is 1. The molecule has 1 aliphatic rings. The molecular formula is C10H23NO. The lowest BCUT2D eigenvalue weighted by Crippen LogP contribution is -2.31. The Morgan fingerprint density at radius 1 is 1.33 bits per heavy atom. The van der Waals surface area contributed by atoms with E-state index >= 15 is 0 Å². The van der Waals surface area contributed by atoms with E-state index in [0.29, 0.717) is 0 Å². The van der Waals surface area contributed by atoms with E-state index in [1.54, 1.807) is 0 Å². The van der Waals surface area contributed by atoms with E-state index in [4.69, 9.17) is 0 Å². The van der Waals surface area contributed by atoms with Crippen molar-refractivity contribution in [3.63, 3.8) is 0 Å². The molecule has 0 heterocycles. The average molecular weight is 173 g/mol. The second-order valence-corrected chi connectivity index (χ2v) is 3.93. The molecule has 1 atom stereocenters. The zero-order valence-corrected chi connectivity index (χ0v) is 9.09. The van der Waals surface area contributed by atoms with E-state index < -0.39 is 0 Å². The Morgan fingerprint density at radius 2 is 1.75 bits per heavy atom. The van der Waals surface area contributed by atoms with Gasteiger partial charge in [-0.25, -0.2) is 0 Å². The van der Waals surface area contributed by atoms with E-state index in [1.807, 2.05) is 32.8 Å². The summed E-state index contributed by atoms with van der Waals surface area (Å²) in [7, 11) is 3.99. The van der Waals surface area contributed by atoms with Crippen LogP contribution in [0.5, 0.6) is 0 Å². The molecule has 0 saturated heterocycles. The largest absolute Gasteiger partial charge is 0.391 e. The van der Waals surface area contributed by atoms with Gasteiger partial charge in [0.15, 0.2) is 0 Å². The maximum Gasteiger partial charge on any atom is 0.0720 e. The Morgan fingerprint density at radius 3 is 2.00 bits per heavy atom. The van der Waals surface area contributed by atoms with Crippen molar-refractivity contribution in [1.82, 2.24) is 4.90 Å². The molecule has 1 aliphatic carbocycles. The molecule has 12 heavy (non-hydrogen) atoms. The van der Waals surface area contributed by atoms with Gasteiger partial charge in [0.1, 0.15) is 0 Å². The van der Waals surface area contributed by atoms with Gasteiger partial charge in [0.2, 0.25) is 0 Å². The molecule has 74 valence electrons. The van der Waals surface area contributed by atoms with Gasteiger partial charge in [0.25, 0.3) is 0 Å². The quantitative estimate of drug-likeness (QED) is 0.702. The summed E-state index contributed by atoms with van der Waals surface area (Å²) in [6.07, 6.45) is 2.27. The SMILES string of the molecule is CC.CN(C)CC(O)C1(C)CC1. The standard InChI is InChI=1S/C8H17NO.C2H6/c1-8(4-5-8)7(10)6-9(2)3;1-2/h7,10H,4-6H2,1-3H3;1-2H3. The van der Waals surface area contributed by atoms with Crippen LogP contribution in [0.25, 0.3) is 0 Å². The molecule has 2 heteroatoms. The van der Waals surface area contributed by atoms with Crippen LogP contribution >= 0.6 is 0 Å². The summed E-state index contributed by atoms with van der Waals surface area (Å²) in [5.74, 6) is 0. The number of aliphatic hydroxyl groups excluding tert-OH is 1. The molecule has 0 amide bonds. The highest BCUT2D eigenvalue weighted by molar-refractivity contribution is 4.95. The zero-order chi connectivity index (χ0) is 9.78. The van der Waals surface area contributed by atoms with Crippen molar-refractivity contribution < 1.29 is 5.11 Å². The third-order valence-corrected chi connectivity index (χ3v) is 2.38. The van der Waals surface area contributed by atoms with Crippen molar-refractivity contribution in [2.24, 2.45) is 5.41 Å². The van der Waals surface area contributed by atoms with Gasteiger partial charge < -0.3 is 10.0 Å². The van der Waals surface area contributed by atoms with Gasteiger partial charge in [0.05, 0.1) is 6.10 Å². The molecule has 0 aromatic carbocycles. The van der Waals surface area contributed by atoms with Crippen molar-refractivity contribution in [3.8, 4) is 0 Å². The van der Waals surface area contributed by atoms with Crippen molar-refractivity contribution in [3.05, 3.63) is 0 Å². The lowest BCUT2D eigenvalue weighted by Gasteiger charge is -2.21. The van der Waals surface area contributed by atoms with Gasteiger partial charge in [-0.05, 0) is 32.4 Å². The van der Waals surface area contributed by atoms with E-state index in [2.05, 4.69) is 6.92 Å². The van der Waals surface area contributed by atoms with Crippen LogP contribution in [0.4, 0.5) is 0 Å². The van der Waals surface area contributed by atoms with Crippen LogP contribution in [0.1, 0.15) is 33.6 Å². The summed E-state index contributed by atoms with van der Waals surface area (Å²) in [5.41, 5.74) is 0.254. The molecule has 1 rings (SSSR count). The maximum atomic E-state index is 9.58. The third kappa shape index (κ3) is 3.55. The van der Waals surface area contributed by atoms with E-state index in [0.717, 1.165) is 6.54 Å². The minimum Gasteiger partial charge on any atom is -0.391 e. The second-order valence-electron chi connectivity index (χ2n) is 3.93. The summed E-state index contributed by atoms with van der Waals surface area (Å²) in [5, 5.41) is 9.58. The van der Waals surface area contributed by atoms with Crippen LogP contribution in [0.3, 0.4) is 0 Å². The number of aliphatic hydroxyl groups is 1. The van der Waals surface area contributed by atoms with Crippen molar-refractivity contribution in [1.29, 1.82) is 0 Å². The van der Waals surface area contributed by atoms with Gasteiger partial charge >= 0.3 is 0 Å². The van der Waals surface area contributed by atoms with Gasteiger partial charge in [-0.15, -0.1) is 0 Å². The summed E-state index contributed by atoms with van der Waals surface area (Å²) in [4.78, 5) is 2.04. The van der Waals surface area contributed by atoms with Gasteiger partial charge in [-0.1, -0.05) is 20.8 Å². The van der Waals surface area contributed by atoms with Crippen LogP contribution in [0.15, 0.2) is 0 Å². The topological polar surface area (TPSA) is 23.5 Å². The smallest absolute Gasteiger partial charge is 0.0720 e. The maximum absolute atomic E-state index is 9.58. The highest BCUT2D eigenvalue weighted by Crippen LogP contribution is 2.48. The number of nitrogens with zero attached hydrogens (tertiary/aromatic N) is 1. The van der Waals surface area contributed by atoms with Crippen molar-refractivity contribution in [2.45, 2.75) is 39.7 Å². The molecule has 1 fully saturated rings. The van der Waals surface area contributed by atoms with Crippen molar-refractivity contribution in [2.75, 3.05) is 20.6 Å². The predicted molar refractivity (Wildman–Crippen MR) is 53.2 cm³/mol. The lowest BCUT2D eigenvalue weighted by atomic mass is 10.0. The Labute approximate surface area is 76.6 Å². The molecule has 0 spiro atoms. The first-order valence-electron chi connectivity index (χ1n) is 4.87. The van der Waals surface area contributed by atoms with E-state index in [1.165, 1.54) is 12.8 Å². The van der Waals surface area contributed by atoms with E-state index in [9.17, 15) is 5.11 Å². The molecule has 0 radical (unpaired) electrons. The third-order valence-electron chi connectivity index (χ3n) is 2.38. The molecular weight excluding hydrogens is 150 g/mol. The Kier molecular flexibility index (Phi) is 4.80. The minimum atomic E-state index is -0.123. The molecule has 0 aliphatic heterocycles. The normalized spacial score (nSPS) is 21.2. The summed E-state index contributed by atoms with van der Waals surface area (Å²) in [6, 6.07) is 0. The first-order valence-corrected chi connectivity index (χ1v) is 4.87. The molecule has 0 bridgehead atoms. The zero-order valence-electron chi connectivity index (χ0n) is 9.09. The number of likely N-dealkylation sites (N-methyl/N-ethyl adjacent to an activating group) is 1. The van der Waals surface area contributed by atoms with Crippen LogP contribution in [0, 0.1) is 5.41 Å². The Hall–Kier alpha value is -0.0800. The fraction of sp³-hybridized carbons (Fsp3) is 1.00. The number of hydrogen-bond acceptors (Lipinski definition) is 2. The van der Waals surface area contributed by atoms with E-state index in [-0.39, 0.29) is 11.5 Å². The van der Waals surface area contributed by atoms with Crippen LogP contribution in [0.2, 0.25) is 0 Å². The van der Waals surface area contributed by atoms with Crippen LogP contribution in [-0.4, -0.2) is 36.8 Å². The summed E-state index contributed by atoms with van der Waals surface area (Å²) >= 11 is 0. The highest BCUT2D eigenvalue weighted by atomic mass is 16.3. The highest BCUT2D eigenvalue weighted by Gasteiger charge is 2.43. The predicted octanol–water partition coefficient (Wildman–Crippen LogP) is 1.74. The molecule has 1 unspecified atom stereocenters. The van der Waals surface area contributed by atoms with Crippen LogP contribution in [-0.2, 0) is 0 Å². The van der Waals surface area contributed by atoms with Gasteiger partial charge in [-0.3, -0.25) is 0 Å². The second kappa shape index (κ2) is 4.83. The molecule has 1 saturated carbocycles. The Bertz CT molecular complexity index is 119. The lowest BCUT2D eigenvalue weighted by molar-refractivity contribution is 0.0751. The molecule has 0 aromatic heterocycles. The monoisotopic (exact) mass is 173 g/mol. The molecule has 2 nitrogen and oxygen atoms in total. The molecule has 1 N–H and O–H groups in total. The minimum absolute atomic E-state index is 0.123. The first-order chi connectivity index (χ1) is 5.54. The Balaban J connectivity index is 0.000000561. The fourth-order valence-electron chi connectivity index (χ4n) is 1.10. The fourth-order valence-corrected chi connectivity index (χ4v) is 1.10. The van der Waals surface area contributed by atoms with Crippen LogP contribution < -0.4 is 0 Å². The van der Waals surface area contributed by atoms with Gasteiger partial charge in [0, 0.05) is 6.54 Å². The van der Waals surface area contributed by atoms with Gasteiger partial charge in [-0.2, -0.15) is 0 Å². The number of rotatable bonds is 3. The summed E-state index contributed by atoms with van der Waals surface area (Å²) in [6.45, 7) is 6.96. The summed E-state index contributed by atoms with van der Waals surface area (Å²) < 4.78 is 0. The first kappa shape index (κ1) is 11.9.